The second kappa shape index (κ2) is 8.67. The summed E-state index contributed by atoms with van der Waals surface area (Å²) in [5.74, 6) is 0.167. The summed E-state index contributed by atoms with van der Waals surface area (Å²) in [6, 6.07) is 9.24. The third kappa shape index (κ3) is 5.76. The highest BCUT2D eigenvalue weighted by molar-refractivity contribution is 8.13. The molecule has 0 heterocycles. The Labute approximate surface area is 129 Å². The molecule has 0 amide bonds. The van der Waals surface area contributed by atoms with Crippen LogP contribution < -0.4 is 4.90 Å². The number of aliphatic hydroxyl groups excluding tert-OH is 2. The van der Waals surface area contributed by atoms with E-state index in [-0.39, 0.29) is 10.9 Å². The third-order valence-corrected chi connectivity index (χ3v) is 3.97. The summed E-state index contributed by atoms with van der Waals surface area (Å²) in [5, 5.41) is 28.4. The van der Waals surface area contributed by atoms with Gasteiger partial charge in [0.2, 0.25) is 0 Å². The maximum Gasteiger partial charge on any atom is 0.185 e. The monoisotopic (exact) mass is 308 g/mol. The lowest BCUT2D eigenvalue weighted by Crippen LogP contribution is -2.22. The Bertz CT molecular complexity index is 499. The molecule has 21 heavy (non-hydrogen) atoms. The standard InChI is InChI=1S/C15H20N2O3S/c1-11(18)21-10-14(19)15(20)12-4-6-13(7-5-12)17(2)9-3-8-16/h4-7,14-15,19-20H,3,9-10H2,1-2H3. The minimum absolute atomic E-state index is 0.0873. The molecule has 0 aliphatic carbocycles. The molecule has 0 radical (unpaired) electrons. The molecule has 0 aliphatic heterocycles. The Morgan fingerprint density at radius 3 is 2.52 bits per heavy atom. The number of rotatable bonds is 7. The molecule has 2 atom stereocenters. The van der Waals surface area contributed by atoms with Crippen molar-refractivity contribution >= 4 is 22.6 Å². The molecule has 114 valence electrons. The number of hydrogen-bond donors (Lipinski definition) is 2. The van der Waals surface area contributed by atoms with E-state index >= 15 is 0 Å². The second-order valence-corrected chi connectivity index (χ2v) is 5.93. The van der Waals surface area contributed by atoms with Crippen LogP contribution in [0.1, 0.15) is 25.0 Å². The van der Waals surface area contributed by atoms with Crippen LogP contribution in [0.5, 0.6) is 0 Å². The molecule has 5 nitrogen and oxygen atoms in total. The SMILES string of the molecule is CC(=O)SCC(O)C(O)c1ccc(N(C)CCC#N)cc1. The Balaban J connectivity index is 2.64. The molecule has 0 aromatic heterocycles. The molecule has 0 fully saturated rings. The molecular weight excluding hydrogens is 288 g/mol. The van der Waals surface area contributed by atoms with E-state index in [0.717, 1.165) is 17.4 Å². The van der Waals surface area contributed by atoms with E-state index in [9.17, 15) is 15.0 Å². The van der Waals surface area contributed by atoms with Gasteiger partial charge in [0.1, 0.15) is 6.10 Å². The second-order valence-electron chi connectivity index (χ2n) is 4.74. The summed E-state index contributed by atoms with van der Waals surface area (Å²) in [6.07, 6.45) is -1.56. The smallest absolute Gasteiger partial charge is 0.185 e. The van der Waals surface area contributed by atoms with Gasteiger partial charge in [0.25, 0.3) is 0 Å². The van der Waals surface area contributed by atoms with Gasteiger partial charge < -0.3 is 15.1 Å². The Hall–Kier alpha value is -1.55. The third-order valence-electron chi connectivity index (χ3n) is 3.06. The van der Waals surface area contributed by atoms with Gasteiger partial charge in [-0.2, -0.15) is 5.26 Å². The zero-order chi connectivity index (χ0) is 15.8. The molecule has 0 saturated heterocycles. The highest BCUT2D eigenvalue weighted by atomic mass is 32.2. The van der Waals surface area contributed by atoms with Crippen molar-refractivity contribution < 1.29 is 15.0 Å². The first-order chi connectivity index (χ1) is 9.95. The van der Waals surface area contributed by atoms with E-state index in [1.165, 1.54) is 6.92 Å². The first kappa shape index (κ1) is 17.5. The van der Waals surface area contributed by atoms with E-state index in [4.69, 9.17) is 5.26 Å². The zero-order valence-corrected chi connectivity index (χ0v) is 13.0. The van der Waals surface area contributed by atoms with Gasteiger partial charge in [-0.05, 0) is 17.7 Å². The lowest BCUT2D eigenvalue weighted by molar-refractivity contribution is -0.109. The van der Waals surface area contributed by atoms with Crippen molar-refractivity contribution in [1.82, 2.24) is 0 Å². The van der Waals surface area contributed by atoms with Crippen molar-refractivity contribution in [3.63, 3.8) is 0 Å². The molecule has 2 unspecified atom stereocenters. The van der Waals surface area contributed by atoms with Crippen LogP contribution in [0.3, 0.4) is 0 Å². The van der Waals surface area contributed by atoms with E-state index in [1.807, 2.05) is 24.1 Å². The van der Waals surface area contributed by atoms with E-state index in [0.29, 0.717) is 18.5 Å². The van der Waals surface area contributed by atoms with Gasteiger partial charge in [0.15, 0.2) is 5.12 Å². The van der Waals surface area contributed by atoms with Crippen LogP contribution >= 0.6 is 11.8 Å². The van der Waals surface area contributed by atoms with Crippen molar-refractivity contribution in [3.05, 3.63) is 29.8 Å². The first-order valence-electron chi connectivity index (χ1n) is 6.63. The summed E-state index contributed by atoms with van der Waals surface area (Å²) >= 11 is 0.992. The van der Waals surface area contributed by atoms with Crippen LogP contribution in [-0.2, 0) is 4.79 Å². The maximum absolute atomic E-state index is 10.9. The fraction of sp³-hybridized carbons (Fsp3) is 0.467. The van der Waals surface area contributed by atoms with Crippen molar-refractivity contribution in [3.8, 4) is 6.07 Å². The van der Waals surface area contributed by atoms with Gasteiger partial charge >= 0.3 is 0 Å². The Morgan fingerprint density at radius 2 is 2.00 bits per heavy atom. The topological polar surface area (TPSA) is 84.6 Å². The average molecular weight is 308 g/mol. The summed E-state index contributed by atoms with van der Waals surface area (Å²) < 4.78 is 0. The number of benzene rings is 1. The predicted octanol–water partition coefficient (Wildman–Crippen LogP) is 1.71. The highest BCUT2D eigenvalue weighted by Gasteiger charge is 2.19. The summed E-state index contributed by atoms with van der Waals surface area (Å²) in [6.45, 7) is 2.06. The van der Waals surface area contributed by atoms with Gasteiger partial charge in [0.05, 0.1) is 18.6 Å². The molecule has 6 heteroatoms. The number of carbonyl (C=O) groups excluding carboxylic acids is 1. The summed E-state index contributed by atoms with van der Waals surface area (Å²) in [4.78, 5) is 12.8. The zero-order valence-electron chi connectivity index (χ0n) is 12.2. The van der Waals surface area contributed by atoms with Crippen molar-refractivity contribution in [2.75, 3.05) is 24.2 Å². The molecule has 1 aromatic rings. The number of anilines is 1. The molecule has 1 rings (SSSR count). The first-order valence-corrected chi connectivity index (χ1v) is 7.61. The van der Waals surface area contributed by atoms with Crippen LogP contribution in [-0.4, -0.2) is 40.8 Å². The van der Waals surface area contributed by atoms with Gasteiger partial charge in [-0.3, -0.25) is 4.79 Å². The number of hydrogen-bond acceptors (Lipinski definition) is 6. The van der Waals surface area contributed by atoms with Gasteiger partial charge in [-0.15, -0.1) is 0 Å². The number of aliphatic hydroxyl groups is 2. The Morgan fingerprint density at radius 1 is 1.38 bits per heavy atom. The number of thioether (sulfide) groups is 1. The van der Waals surface area contributed by atoms with Crippen molar-refractivity contribution in [2.24, 2.45) is 0 Å². The van der Waals surface area contributed by atoms with Gasteiger partial charge in [-0.25, -0.2) is 0 Å². The van der Waals surface area contributed by atoms with Crippen LogP contribution in [0.25, 0.3) is 0 Å². The molecular formula is C15H20N2O3S. The maximum atomic E-state index is 10.9. The minimum atomic E-state index is -1.02. The van der Waals surface area contributed by atoms with Gasteiger partial charge in [-0.1, -0.05) is 23.9 Å². The average Bonchev–Trinajstić information content (AvgIpc) is 2.49. The normalized spacial score (nSPS) is 13.3. The highest BCUT2D eigenvalue weighted by Crippen LogP contribution is 2.23. The lowest BCUT2D eigenvalue weighted by atomic mass is 10.0. The molecule has 2 N–H and O–H groups in total. The summed E-state index contributed by atoms with van der Waals surface area (Å²) in [7, 11) is 1.89. The van der Waals surface area contributed by atoms with Crippen LogP contribution in [0.15, 0.2) is 24.3 Å². The number of nitriles is 1. The van der Waals surface area contributed by atoms with E-state index in [1.54, 1.807) is 12.1 Å². The number of carbonyl (C=O) groups is 1. The largest absolute Gasteiger partial charge is 0.389 e. The lowest BCUT2D eigenvalue weighted by Gasteiger charge is -2.20. The fourth-order valence-corrected chi connectivity index (χ4v) is 2.38. The fourth-order valence-electron chi connectivity index (χ4n) is 1.79. The van der Waals surface area contributed by atoms with Gasteiger partial charge in [0, 0.05) is 32.0 Å². The van der Waals surface area contributed by atoms with E-state index < -0.39 is 12.2 Å². The van der Waals surface area contributed by atoms with Crippen molar-refractivity contribution in [1.29, 1.82) is 5.26 Å². The number of nitrogens with zero attached hydrogens (tertiary/aromatic N) is 2. The van der Waals surface area contributed by atoms with E-state index in [2.05, 4.69) is 6.07 Å². The molecule has 1 aromatic carbocycles. The molecule has 0 bridgehead atoms. The van der Waals surface area contributed by atoms with Crippen LogP contribution in [0, 0.1) is 11.3 Å². The predicted molar refractivity (Wildman–Crippen MR) is 84.0 cm³/mol. The quantitative estimate of drug-likeness (QED) is 0.798. The van der Waals surface area contributed by atoms with Crippen molar-refractivity contribution in [2.45, 2.75) is 25.6 Å². The molecule has 0 spiro atoms. The molecule has 0 saturated carbocycles. The Kier molecular flexibility index (Phi) is 7.23. The minimum Gasteiger partial charge on any atom is -0.389 e. The molecule has 0 aliphatic rings. The summed E-state index contributed by atoms with van der Waals surface area (Å²) in [5.41, 5.74) is 1.54. The van der Waals surface area contributed by atoms with Crippen LogP contribution in [0.2, 0.25) is 0 Å². The van der Waals surface area contributed by atoms with Crippen LogP contribution in [0.4, 0.5) is 5.69 Å².